The normalized spacial score (nSPS) is 16.1. The molecule has 0 aliphatic carbocycles. The Kier molecular flexibility index (Phi) is 6.66. The zero-order valence-corrected chi connectivity index (χ0v) is 18.3. The molecular weight excluding hydrogens is 440 g/mol. The molecule has 154 valence electrons. The van der Waals surface area contributed by atoms with E-state index in [1.165, 1.54) is 16.9 Å². The summed E-state index contributed by atoms with van der Waals surface area (Å²) >= 11 is 9.03. The first-order valence-electron chi connectivity index (χ1n) is 9.39. The van der Waals surface area contributed by atoms with Crippen LogP contribution in [0.3, 0.4) is 0 Å². The molecule has 2 aromatic carbocycles. The van der Waals surface area contributed by atoms with Crippen molar-refractivity contribution in [1.29, 1.82) is 0 Å². The summed E-state index contributed by atoms with van der Waals surface area (Å²) < 4.78 is 0. The summed E-state index contributed by atoms with van der Waals surface area (Å²) in [6.07, 6.45) is 0.174. The second kappa shape index (κ2) is 9.59. The Morgan fingerprint density at radius 3 is 2.67 bits per heavy atom. The van der Waals surface area contributed by atoms with Gasteiger partial charge in [0, 0.05) is 35.2 Å². The number of benzene rings is 2. The predicted octanol–water partition coefficient (Wildman–Crippen LogP) is 4.62. The molecule has 1 N–H and O–H groups in total. The van der Waals surface area contributed by atoms with Gasteiger partial charge in [-0.3, -0.25) is 9.59 Å². The summed E-state index contributed by atoms with van der Waals surface area (Å²) in [5.41, 5.74) is 2.00. The number of anilines is 2. The number of carbonyl (C=O) groups is 2. The predicted molar refractivity (Wildman–Crippen MR) is 122 cm³/mol. The van der Waals surface area contributed by atoms with E-state index in [1.54, 1.807) is 40.9 Å². The standard InChI is InChI=1S/C21H19ClN4O2S2/c22-16-6-8-17(9-7-16)26-11-15(10-19(26)27)20(28)23-21-25-24-18(30-21)13-29-12-14-4-2-1-3-5-14/h1-9,15H,10-13H2,(H,23,25,28). The minimum atomic E-state index is -0.423. The van der Waals surface area contributed by atoms with Gasteiger partial charge in [0.1, 0.15) is 5.01 Å². The van der Waals surface area contributed by atoms with Crippen LogP contribution in [0.5, 0.6) is 0 Å². The zero-order valence-electron chi connectivity index (χ0n) is 16.0. The highest BCUT2D eigenvalue weighted by molar-refractivity contribution is 7.97. The minimum Gasteiger partial charge on any atom is -0.312 e. The highest BCUT2D eigenvalue weighted by Crippen LogP contribution is 2.28. The van der Waals surface area contributed by atoms with Crippen LogP contribution < -0.4 is 10.2 Å². The molecule has 1 unspecified atom stereocenters. The topological polar surface area (TPSA) is 75.2 Å². The largest absolute Gasteiger partial charge is 0.312 e. The lowest BCUT2D eigenvalue weighted by Crippen LogP contribution is -2.28. The van der Waals surface area contributed by atoms with Gasteiger partial charge in [0.25, 0.3) is 0 Å². The second-order valence-corrected chi connectivity index (χ2v) is 9.33. The maximum Gasteiger partial charge on any atom is 0.231 e. The van der Waals surface area contributed by atoms with Gasteiger partial charge in [-0.05, 0) is 29.8 Å². The summed E-state index contributed by atoms with van der Waals surface area (Å²) in [4.78, 5) is 26.6. The fourth-order valence-electron chi connectivity index (χ4n) is 3.15. The van der Waals surface area contributed by atoms with Gasteiger partial charge in [-0.2, -0.15) is 0 Å². The molecular formula is C21H19ClN4O2S2. The van der Waals surface area contributed by atoms with Crippen molar-refractivity contribution in [3.8, 4) is 0 Å². The van der Waals surface area contributed by atoms with Gasteiger partial charge in [0.2, 0.25) is 16.9 Å². The second-order valence-electron chi connectivity index (χ2n) is 6.85. The quantitative estimate of drug-likeness (QED) is 0.559. The SMILES string of the molecule is O=C(Nc1nnc(CSCc2ccccc2)s1)C1CC(=O)N(c2ccc(Cl)cc2)C1. The third kappa shape index (κ3) is 5.19. The molecule has 1 saturated heterocycles. The van der Waals surface area contributed by atoms with E-state index in [2.05, 4.69) is 27.6 Å². The average Bonchev–Trinajstić information content (AvgIpc) is 3.36. The number of nitrogens with zero attached hydrogens (tertiary/aromatic N) is 3. The first-order valence-corrected chi connectivity index (χ1v) is 11.7. The van der Waals surface area contributed by atoms with Crippen LogP contribution in [-0.2, 0) is 21.1 Å². The molecule has 1 fully saturated rings. The van der Waals surface area contributed by atoms with E-state index in [4.69, 9.17) is 11.6 Å². The molecule has 6 nitrogen and oxygen atoms in total. The highest BCUT2D eigenvalue weighted by atomic mass is 35.5. The molecule has 3 aromatic rings. The average molecular weight is 459 g/mol. The van der Waals surface area contributed by atoms with Crippen molar-refractivity contribution in [1.82, 2.24) is 10.2 Å². The smallest absolute Gasteiger partial charge is 0.231 e. The lowest BCUT2D eigenvalue weighted by atomic mass is 10.1. The van der Waals surface area contributed by atoms with Crippen molar-refractivity contribution in [2.24, 2.45) is 5.92 Å². The molecule has 4 rings (SSSR count). The van der Waals surface area contributed by atoms with E-state index in [9.17, 15) is 9.59 Å². The van der Waals surface area contributed by atoms with Gasteiger partial charge < -0.3 is 10.2 Å². The summed E-state index contributed by atoms with van der Waals surface area (Å²) in [6, 6.07) is 17.3. The highest BCUT2D eigenvalue weighted by Gasteiger charge is 2.35. The monoisotopic (exact) mass is 458 g/mol. The molecule has 0 radical (unpaired) electrons. The molecule has 1 atom stereocenters. The Bertz CT molecular complexity index is 1030. The van der Waals surface area contributed by atoms with Gasteiger partial charge >= 0.3 is 0 Å². The summed E-state index contributed by atoms with van der Waals surface area (Å²) in [6.45, 7) is 0.338. The number of hydrogen-bond donors (Lipinski definition) is 1. The summed E-state index contributed by atoms with van der Waals surface area (Å²) in [5.74, 6) is 0.918. The van der Waals surface area contributed by atoms with Crippen LogP contribution in [0.15, 0.2) is 54.6 Å². The van der Waals surface area contributed by atoms with Crippen molar-refractivity contribution >= 4 is 57.3 Å². The van der Waals surface area contributed by atoms with Crippen molar-refractivity contribution < 1.29 is 9.59 Å². The van der Waals surface area contributed by atoms with Crippen molar-refractivity contribution in [2.45, 2.75) is 17.9 Å². The number of nitrogens with one attached hydrogen (secondary N) is 1. The molecule has 0 spiro atoms. The van der Waals surface area contributed by atoms with Crippen molar-refractivity contribution in [3.63, 3.8) is 0 Å². The summed E-state index contributed by atoms with van der Waals surface area (Å²) in [7, 11) is 0. The van der Waals surface area contributed by atoms with Crippen LogP contribution in [0.2, 0.25) is 5.02 Å². The van der Waals surface area contributed by atoms with E-state index < -0.39 is 5.92 Å². The molecule has 1 aliphatic heterocycles. The van der Waals surface area contributed by atoms with E-state index in [0.717, 1.165) is 22.2 Å². The van der Waals surface area contributed by atoms with Crippen LogP contribution in [0.1, 0.15) is 17.0 Å². The van der Waals surface area contributed by atoms with Gasteiger partial charge in [0.05, 0.1) is 5.92 Å². The van der Waals surface area contributed by atoms with Crippen LogP contribution in [0.4, 0.5) is 10.8 Å². The first kappa shape index (κ1) is 20.8. The summed E-state index contributed by atoms with van der Waals surface area (Å²) in [5, 5.41) is 13.0. The van der Waals surface area contributed by atoms with Gasteiger partial charge in [-0.15, -0.1) is 22.0 Å². The lowest BCUT2D eigenvalue weighted by molar-refractivity contribution is -0.122. The first-order chi connectivity index (χ1) is 14.6. The Balaban J connectivity index is 1.29. The molecule has 9 heteroatoms. The number of rotatable bonds is 7. The van der Waals surface area contributed by atoms with Crippen molar-refractivity contribution in [3.05, 3.63) is 70.2 Å². The molecule has 1 aliphatic rings. The van der Waals surface area contributed by atoms with Crippen molar-refractivity contribution in [2.75, 3.05) is 16.8 Å². The van der Waals surface area contributed by atoms with E-state index in [1.807, 2.05) is 18.2 Å². The number of hydrogen-bond acceptors (Lipinski definition) is 6. The molecule has 0 bridgehead atoms. The number of halogens is 1. The van der Waals surface area contributed by atoms with Gasteiger partial charge in [-0.25, -0.2) is 0 Å². The minimum absolute atomic E-state index is 0.0762. The lowest BCUT2D eigenvalue weighted by Gasteiger charge is -2.16. The molecule has 30 heavy (non-hydrogen) atoms. The maximum atomic E-state index is 12.6. The zero-order chi connectivity index (χ0) is 20.9. The van der Waals surface area contributed by atoms with Gasteiger partial charge in [0.15, 0.2) is 0 Å². The Labute approximate surface area is 187 Å². The maximum absolute atomic E-state index is 12.6. The molecule has 0 saturated carbocycles. The molecule has 1 aromatic heterocycles. The molecule has 2 amide bonds. The number of aromatic nitrogens is 2. The van der Waals surface area contributed by atoms with E-state index in [-0.39, 0.29) is 18.2 Å². The van der Waals surface area contributed by atoms with E-state index >= 15 is 0 Å². The third-order valence-corrected chi connectivity index (χ3v) is 6.96. The molecule has 2 heterocycles. The van der Waals surface area contributed by atoms with Crippen LogP contribution >= 0.6 is 34.7 Å². The van der Waals surface area contributed by atoms with Gasteiger partial charge in [-0.1, -0.05) is 53.3 Å². The number of carbonyl (C=O) groups excluding carboxylic acids is 2. The Morgan fingerprint density at radius 1 is 1.13 bits per heavy atom. The fourth-order valence-corrected chi connectivity index (χ4v) is 5.07. The Hall–Kier alpha value is -2.42. The van der Waals surface area contributed by atoms with Crippen LogP contribution in [0.25, 0.3) is 0 Å². The number of amides is 2. The fraction of sp³-hybridized carbons (Fsp3) is 0.238. The Morgan fingerprint density at radius 2 is 1.90 bits per heavy atom. The van der Waals surface area contributed by atoms with E-state index in [0.29, 0.717) is 16.7 Å². The third-order valence-electron chi connectivity index (χ3n) is 4.67. The number of thioether (sulfide) groups is 1. The van der Waals surface area contributed by atoms with Crippen LogP contribution in [-0.4, -0.2) is 28.6 Å². The van der Waals surface area contributed by atoms with Crippen LogP contribution in [0, 0.1) is 5.92 Å².